The van der Waals surface area contributed by atoms with Crippen molar-refractivity contribution in [2.75, 3.05) is 24.6 Å². The molecule has 1 aliphatic heterocycles. The molecule has 19 heavy (non-hydrogen) atoms. The monoisotopic (exact) mass is 277 g/mol. The SMILES string of the molecule is CCC1CNCCN1n1c(C=O)cc2scc(C)c21. The molecule has 1 aliphatic rings. The van der Waals surface area contributed by atoms with Crippen LogP contribution in [0.25, 0.3) is 10.2 Å². The summed E-state index contributed by atoms with van der Waals surface area (Å²) in [6, 6.07) is 2.46. The number of carbonyl (C=O) groups excluding carboxylic acids is 1. The van der Waals surface area contributed by atoms with Crippen molar-refractivity contribution in [3.8, 4) is 0 Å². The maximum Gasteiger partial charge on any atom is 0.168 e. The van der Waals surface area contributed by atoms with Crippen molar-refractivity contribution < 1.29 is 4.79 Å². The van der Waals surface area contributed by atoms with Gasteiger partial charge in [0.15, 0.2) is 6.29 Å². The molecule has 1 atom stereocenters. The van der Waals surface area contributed by atoms with Crippen molar-refractivity contribution in [1.29, 1.82) is 0 Å². The number of hydrogen-bond acceptors (Lipinski definition) is 4. The fraction of sp³-hybridized carbons (Fsp3) is 0.500. The van der Waals surface area contributed by atoms with E-state index in [0.717, 1.165) is 38.0 Å². The lowest BCUT2D eigenvalue weighted by Gasteiger charge is -2.39. The largest absolute Gasteiger partial charge is 0.313 e. The molecule has 0 aromatic carbocycles. The first-order valence-electron chi connectivity index (χ1n) is 6.78. The Balaban J connectivity index is 2.15. The summed E-state index contributed by atoms with van der Waals surface area (Å²) in [4.78, 5) is 11.4. The van der Waals surface area contributed by atoms with E-state index in [1.807, 2.05) is 6.07 Å². The summed E-state index contributed by atoms with van der Waals surface area (Å²) >= 11 is 1.72. The van der Waals surface area contributed by atoms with Crippen LogP contribution in [0.2, 0.25) is 0 Å². The van der Waals surface area contributed by atoms with E-state index in [-0.39, 0.29) is 0 Å². The van der Waals surface area contributed by atoms with Crippen LogP contribution in [-0.2, 0) is 0 Å². The van der Waals surface area contributed by atoms with E-state index in [1.54, 1.807) is 11.3 Å². The minimum absolute atomic E-state index is 0.447. The highest BCUT2D eigenvalue weighted by Crippen LogP contribution is 2.29. The number of aldehydes is 1. The second kappa shape index (κ2) is 4.98. The Morgan fingerprint density at radius 3 is 3.16 bits per heavy atom. The van der Waals surface area contributed by atoms with Crippen LogP contribution in [0.4, 0.5) is 0 Å². The quantitative estimate of drug-likeness (QED) is 0.874. The number of thiophene rings is 1. The van der Waals surface area contributed by atoms with Crippen LogP contribution in [0, 0.1) is 6.92 Å². The average molecular weight is 277 g/mol. The first-order chi connectivity index (χ1) is 9.26. The maximum atomic E-state index is 11.4. The Labute approximate surface area is 117 Å². The molecule has 2 aromatic heterocycles. The second-order valence-electron chi connectivity index (χ2n) is 5.06. The van der Waals surface area contributed by atoms with Gasteiger partial charge >= 0.3 is 0 Å². The number of rotatable bonds is 3. The molecule has 0 bridgehead atoms. The van der Waals surface area contributed by atoms with Gasteiger partial charge in [-0.15, -0.1) is 11.3 Å². The Bertz CT molecular complexity index is 601. The molecule has 2 aromatic rings. The van der Waals surface area contributed by atoms with Gasteiger partial charge in [-0.1, -0.05) is 6.92 Å². The summed E-state index contributed by atoms with van der Waals surface area (Å²) in [6.07, 6.45) is 2.05. The van der Waals surface area contributed by atoms with E-state index in [2.05, 4.69) is 34.2 Å². The lowest BCUT2D eigenvalue weighted by molar-refractivity contribution is 0.111. The number of hydrogen-bond donors (Lipinski definition) is 1. The van der Waals surface area contributed by atoms with Crippen molar-refractivity contribution >= 4 is 27.8 Å². The van der Waals surface area contributed by atoms with E-state index in [9.17, 15) is 4.79 Å². The zero-order valence-corrected chi connectivity index (χ0v) is 12.2. The molecule has 1 unspecified atom stereocenters. The standard InChI is InChI=1S/C14H19N3OS/c1-3-11-7-15-4-5-16(11)17-12(8-18)6-13-14(17)10(2)9-19-13/h6,8-9,11,15H,3-5,7H2,1-2H3. The molecule has 0 amide bonds. The molecule has 0 spiro atoms. The highest BCUT2D eigenvalue weighted by atomic mass is 32.1. The topological polar surface area (TPSA) is 37.3 Å². The highest BCUT2D eigenvalue weighted by Gasteiger charge is 2.25. The third kappa shape index (κ3) is 1.97. The van der Waals surface area contributed by atoms with E-state index in [4.69, 9.17) is 0 Å². The number of nitrogens with one attached hydrogen (secondary N) is 1. The summed E-state index contributed by atoms with van der Waals surface area (Å²) in [5.41, 5.74) is 3.22. The molecule has 0 saturated carbocycles. The number of piperazine rings is 1. The molecule has 5 heteroatoms. The van der Waals surface area contributed by atoms with Gasteiger partial charge in [-0.2, -0.15) is 0 Å². The maximum absolute atomic E-state index is 11.4. The van der Waals surface area contributed by atoms with Crippen LogP contribution in [0.1, 0.15) is 29.4 Å². The Morgan fingerprint density at radius 1 is 1.58 bits per heavy atom. The van der Waals surface area contributed by atoms with E-state index in [1.165, 1.54) is 15.8 Å². The molecule has 0 aliphatic carbocycles. The number of aryl methyl sites for hydroxylation is 1. The van der Waals surface area contributed by atoms with E-state index in [0.29, 0.717) is 6.04 Å². The number of fused-ring (bicyclic) bond motifs is 1. The molecule has 3 rings (SSSR count). The molecule has 4 nitrogen and oxygen atoms in total. The number of aromatic nitrogens is 1. The number of carbonyl (C=O) groups is 1. The van der Waals surface area contributed by atoms with Gasteiger partial charge in [0.1, 0.15) is 5.69 Å². The van der Waals surface area contributed by atoms with Crippen LogP contribution >= 0.6 is 11.3 Å². The highest BCUT2D eigenvalue weighted by molar-refractivity contribution is 7.17. The predicted molar refractivity (Wildman–Crippen MR) is 80.0 cm³/mol. The Morgan fingerprint density at radius 2 is 2.42 bits per heavy atom. The first-order valence-corrected chi connectivity index (χ1v) is 7.66. The van der Waals surface area contributed by atoms with Gasteiger partial charge < -0.3 is 10.3 Å². The Kier molecular flexibility index (Phi) is 3.33. The van der Waals surface area contributed by atoms with E-state index >= 15 is 0 Å². The van der Waals surface area contributed by atoms with Crippen molar-refractivity contribution in [2.24, 2.45) is 0 Å². The second-order valence-corrected chi connectivity index (χ2v) is 5.97. The van der Waals surface area contributed by atoms with E-state index < -0.39 is 0 Å². The normalized spacial score (nSPS) is 20.1. The van der Waals surface area contributed by atoms with Gasteiger partial charge in [0.25, 0.3) is 0 Å². The van der Waals surface area contributed by atoms with Gasteiger partial charge in [0.05, 0.1) is 16.3 Å². The third-order valence-electron chi connectivity index (χ3n) is 3.87. The van der Waals surface area contributed by atoms with Crippen molar-refractivity contribution in [1.82, 2.24) is 9.99 Å². The zero-order chi connectivity index (χ0) is 13.4. The fourth-order valence-electron chi connectivity index (χ4n) is 2.89. The van der Waals surface area contributed by atoms with Gasteiger partial charge in [-0.05, 0) is 30.4 Å². The van der Waals surface area contributed by atoms with Crippen LogP contribution in [0.5, 0.6) is 0 Å². The summed E-state index contributed by atoms with van der Waals surface area (Å²) in [5.74, 6) is 0. The molecule has 3 heterocycles. The summed E-state index contributed by atoms with van der Waals surface area (Å²) in [7, 11) is 0. The molecule has 102 valence electrons. The van der Waals surface area contributed by atoms with Crippen LogP contribution in [0.15, 0.2) is 11.4 Å². The summed E-state index contributed by atoms with van der Waals surface area (Å²) in [5, 5.41) is 7.95. The van der Waals surface area contributed by atoms with Crippen molar-refractivity contribution in [2.45, 2.75) is 26.3 Å². The molecule has 1 N–H and O–H groups in total. The summed E-state index contributed by atoms with van der Waals surface area (Å²) < 4.78 is 3.34. The van der Waals surface area contributed by atoms with Gasteiger partial charge in [0.2, 0.25) is 0 Å². The summed E-state index contributed by atoms with van der Waals surface area (Å²) in [6.45, 7) is 7.22. The molecule has 0 radical (unpaired) electrons. The lowest BCUT2D eigenvalue weighted by atomic mass is 10.2. The fourth-order valence-corrected chi connectivity index (χ4v) is 3.85. The number of nitrogens with zero attached hydrogens (tertiary/aromatic N) is 2. The smallest absolute Gasteiger partial charge is 0.168 e. The van der Waals surface area contributed by atoms with Gasteiger partial charge in [0, 0.05) is 19.6 Å². The predicted octanol–water partition coefficient (Wildman–Crippen LogP) is 2.14. The van der Waals surface area contributed by atoms with Gasteiger partial charge in [-0.25, -0.2) is 0 Å². The van der Waals surface area contributed by atoms with Crippen LogP contribution in [0.3, 0.4) is 0 Å². The Hall–Kier alpha value is -1.33. The molecule has 1 fully saturated rings. The molecular formula is C14H19N3OS. The minimum Gasteiger partial charge on any atom is -0.313 e. The first kappa shape index (κ1) is 12.7. The average Bonchev–Trinajstić information content (AvgIpc) is 2.98. The third-order valence-corrected chi connectivity index (χ3v) is 4.91. The van der Waals surface area contributed by atoms with Crippen LogP contribution in [-0.4, -0.2) is 36.6 Å². The van der Waals surface area contributed by atoms with Crippen LogP contribution < -0.4 is 10.3 Å². The molecule has 1 saturated heterocycles. The van der Waals surface area contributed by atoms with Crippen molar-refractivity contribution in [3.05, 3.63) is 22.7 Å². The van der Waals surface area contributed by atoms with Crippen molar-refractivity contribution in [3.63, 3.8) is 0 Å². The minimum atomic E-state index is 0.447. The van der Waals surface area contributed by atoms with Gasteiger partial charge in [-0.3, -0.25) is 9.47 Å². The lowest BCUT2D eigenvalue weighted by Crippen LogP contribution is -2.56. The molecular weight excluding hydrogens is 258 g/mol. The zero-order valence-electron chi connectivity index (χ0n) is 11.3.